The fourth-order valence-electron chi connectivity index (χ4n) is 1.97. The average molecular weight is 367 g/mol. The molecule has 7 heteroatoms. The highest BCUT2D eigenvalue weighted by molar-refractivity contribution is 6.32. The highest BCUT2D eigenvalue weighted by atomic mass is 35.5. The lowest BCUT2D eigenvalue weighted by Crippen LogP contribution is -2.24. The van der Waals surface area contributed by atoms with E-state index < -0.39 is 5.91 Å². The molecule has 24 heavy (non-hydrogen) atoms. The highest BCUT2D eigenvalue weighted by Gasteiger charge is 2.06. The Labute approximate surface area is 149 Å². The van der Waals surface area contributed by atoms with Crippen molar-refractivity contribution in [2.45, 2.75) is 13.8 Å². The molecule has 0 aliphatic heterocycles. The number of aryl methyl sites for hydroxylation is 2. The first-order chi connectivity index (χ1) is 11.4. The second-order valence-electron chi connectivity index (χ2n) is 5.16. The third-order valence-electron chi connectivity index (χ3n) is 3.16. The number of aromatic hydroxyl groups is 1. The largest absolute Gasteiger partial charge is 0.507 e. The summed E-state index contributed by atoms with van der Waals surface area (Å²) < 4.78 is 5.41. The summed E-state index contributed by atoms with van der Waals surface area (Å²) in [6.45, 7) is 3.54. The molecule has 0 bridgehead atoms. The number of ether oxygens (including phenoxy) is 1. The summed E-state index contributed by atoms with van der Waals surface area (Å²) in [7, 11) is 0. The number of hydrogen-bond acceptors (Lipinski definition) is 4. The van der Waals surface area contributed by atoms with Gasteiger partial charge in [0.1, 0.15) is 11.5 Å². The quantitative estimate of drug-likeness (QED) is 0.623. The number of nitrogens with zero attached hydrogens (tertiary/aromatic N) is 1. The van der Waals surface area contributed by atoms with Crippen LogP contribution in [-0.4, -0.2) is 23.8 Å². The second-order valence-corrected chi connectivity index (χ2v) is 5.97. The number of nitrogens with one attached hydrogen (secondary N) is 1. The van der Waals surface area contributed by atoms with Crippen LogP contribution in [0.5, 0.6) is 11.5 Å². The van der Waals surface area contributed by atoms with Crippen LogP contribution in [0.1, 0.15) is 16.7 Å². The molecule has 0 aromatic heterocycles. The molecular formula is C17H16Cl2N2O3. The summed E-state index contributed by atoms with van der Waals surface area (Å²) in [6.07, 6.45) is 1.30. The van der Waals surface area contributed by atoms with Crippen LogP contribution in [-0.2, 0) is 4.79 Å². The standard InChI is InChI=1S/C17H16Cl2N2O3/c1-10-5-14(6-11(2)17(10)19)24-9-16(23)21-20-8-12-7-13(18)3-4-15(12)22/h3-8,22H,9H2,1-2H3,(H,21,23). The number of hydrazone groups is 1. The summed E-state index contributed by atoms with van der Waals surface area (Å²) >= 11 is 11.9. The van der Waals surface area contributed by atoms with Gasteiger partial charge in [-0.25, -0.2) is 5.43 Å². The molecule has 0 atom stereocenters. The minimum absolute atomic E-state index is 0.0146. The van der Waals surface area contributed by atoms with Gasteiger partial charge < -0.3 is 9.84 Å². The fourth-order valence-corrected chi connectivity index (χ4v) is 2.26. The average Bonchev–Trinajstić information content (AvgIpc) is 2.53. The molecule has 0 radical (unpaired) electrons. The summed E-state index contributed by atoms with van der Waals surface area (Å²) in [4.78, 5) is 11.7. The monoisotopic (exact) mass is 366 g/mol. The maximum atomic E-state index is 11.7. The van der Waals surface area contributed by atoms with Crippen LogP contribution >= 0.6 is 23.2 Å². The molecule has 0 spiro atoms. The molecule has 0 fully saturated rings. The van der Waals surface area contributed by atoms with Gasteiger partial charge in [-0.2, -0.15) is 5.10 Å². The number of rotatable bonds is 5. The molecule has 2 aromatic carbocycles. The van der Waals surface area contributed by atoms with Gasteiger partial charge in [0.25, 0.3) is 5.91 Å². The molecule has 1 amide bonds. The Bertz CT molecular complexity index is 768. The van der Waals surface area contributed by atoms with Gasteiger partial charge in [-0.15, -0.1) is 0 Å². The van der Waals surface area contributed by atoms with E-state index in [-0.39, 0.29) is 12.4 Å². The first-order valence-corrected chi connectivity index (χ1v) is 7.82. The Hall–Kier alpha value is -2.24. The third-order valence-corrected chi connectivity index (χ3v) is 3.99. The number of carbonyl (C=O) groups is 1. The van der Waals surface area contributed by atoms with Crippen LogP contribution in [0, 0.1) is 13.8 Å². The lowest BCUT2D eigenvalue weighted by Gasteiger charge is -2.09. The predicted molar refractivity (Wildman–Crippen MR) is 95.3 cm³/mol. The van der Waals surface area contributed by atoms with Crippen LogP contribution in [0.25, 0.3) is 0 Å². The van der Waals surface area contributed by atoms with Crippen molar-refractivity contribution in [2.24, 2.45) is 5.10 Å². The Morgan fingerprint density at radius 2 is 1.92 bits per heavy atom. The smallest absolute Gasteiger partial charge is 0.277 e. The zero-order chi connectivity index (χ0) is 17.7. The van der Waals surface area contributed by atoms with Crippen LogP contribution in [0.4, 0.5) is 0 Å². The van der Waals surface area contributed by atoms with E-state index in [1.807, 2.05) is 13.8 Å². The fraction of sp³-hybridized carbons (Fsp3) is 0.176. The van der Waals surface area contributed by atoms with Gasteiger partial charge in [-0.05, 0) is 55.3 Å². The van der Waals surface area contributed by atoms with Crippen LogP contribution < -0.4 is 10.2 Å². The van der Waals surface area contributed by atoms with Crippen molar-refractivity contribution >= 4 is 35.3 Å². The molecule has 2 rings (SSSR count). The highest BCUT2D eigenvalue weighted by Crippen LogP contribution is 2.25. The lowest BCUT2D eigenvalue weighted by molar-refractivity contribution is -0.123. The van der Waals surface area contributed by atoms with Crippen molar-refractivity contribution in [2.75, 3.05) is 6.61 Å². The summed E-state index contributed by atoms with van der Waals surface area (Å²) in [5, 5.41) is 14.5. The van der Waals surface area contributed by atoms with Gasteiger partial charge in [-0.1, -0.05) is 23.2 Å². The van der Waals surface area contributed by atoms with E-state index in [1.165, 1.54) is 18.3 Å². The molecule has 0 aliphatic carbocycles. The first kappa shape index (κ1) is 18.1. The molecule has 126 valence electrons. The molecule has 5 nitrogen and oxygen atoms in total. The predicted octanol–water partition coefficient (Wildman–Crippen LogP) is 3.84. The zero-order valence-corrected chi connectivity index (χ0v) is 14.6. The number of phenols is 1. The number of amides is 1. The van der Waals surface area contributed by atoms with Gasteiger partial charge >= 0.3 is 0 Å². The van der Waals surface area contributed by atoms with Crippen LogP contribution in [0.2, 0.25) is 10.0 Å². The van der Waals surface area contributed by atoms with Crippen molar-refractivity contribution in [1.29, 1.82) is 0 Å². The molecule has 0 saturated heterocycles. The molecule has 0 heterocycles. The summed E-state index contributed by atoms with van der Waals surface area (Å²) in [5.74, 6) is 0.139. The van der Waals surface area contributed by atoms with Gasteiger partial charge in [0.05, 0.1) is 6.21 Å². The number of carbonyl (C=O) groups excluding carboxylic acids is 1. The zero-order valence-electron chi connectivity index (χ0n) is 13.1. The van der Waals surface area contributed by atoms with Gasteiger partial charge in [-0.3, -0.25) is 4.79 Å². The Kier molecular flexibility index (Phi) is 6.06. The number of phenolic OH excluding ortho intramolecular Hbond substituents is 1. The van der Waals surface area contributed by atoms with Crippen molar-refractivity contribution in [3.8, 4) is 11.5 Å². The van der Waals surface area contributed by atoms with Crippen LogP contribution in [0.3, 0.4) is 0 Å². The number of benzene rings is 2. The first-order valence-electron chi connectivity index (χ1n) is 7.07. The van der Waals surface area contributed by atoms with Gasteiger partial charge in [0.15, 0.2) is 6.61 Å². The normalized spacial score (nSPS) is 10.8. The molecule has 0 aliphatic rings. The molecular weight excluding hydrogens is 351 g/mol. The maximum absolute atomic E-state index is 11.7. The molecule has 0 saturated carbocycles. The van der Waals surface area contributed by atoms with E-state index in [2.05, 4.69) is 10.5 Å². The van der Waals surface area contributed by atoms with E-state index in [9.17, 15) is 9.90 Å². The second kappa shape index (κ2) is 8.04. The van der Waals surface area contributed by atoms with Crippen molar-refractivity contribution in [3.63, 3.8) is 0 Å². The van der Waals surface area contributed by atoms with E-state index in [0.717, 1.165) is 11.1 Å². The topological polar surface area (TPSA) is 70.9 Å². The van der Waals surface area contributed by atoms with Crippen molar-refractivity contribution in [3.05, 3.63) is 57.1 Å². The van der Waals surface area contributed by atoms with Gasteiger partial charge in [0, 0.05) is 15.6 Å². The lowest BCUT2D eigenvalue weighted by atomic mass is 10.1. The van der Waals surface area contributed by atoms with Crippen molar-refractivity contribution < 1.29 is 14.6 Å². The van der Waals surface area contributed by atoms with Crippen LogP contribution in [0.15, 0.2) is 35.4 Å². The summed E-state index contributed by atoms with van der Waals surface area (Å²) in [5.41, 5.74) is 4.46. The third kappa shape index (κ3) is 4.88. The Balaban J connectivity index is 1.90. The number of halogens is 2. The van der Waals surface area contributed by atoms with E-state index >= 15 is 0 Å². The summed E-state index contributed by atoms with van der Waals surface area (Å²) in [6, 6.07) is 8.05. The van der Waals surface area contributed by atoms with Crippen molar-refractivity contribution in [1.82, 2.24) is 5.43 Å². The Morgan fingerprint density at radius 3 is 2.58 bits per heavy atom. The minimum Gasteiger partial charge on any atom is -0.507 e. The van der Waals surface area contributed by atoms with Gasteiger partial charge in [0.2, 0.25) is 0 Å². The molecule has 0 unspecified atom stereocenters. The Morgan fingerprint density at radius 1 is 1.25 bits per heavy atom. The number of hydrogen-bond donors (Lipinski definition) is 2. The van der Waals surface area contributed by atoms with E-state index in [1.54, 1.807) is 18.2 Å². The van der Waals surface area contributed by atoms with E-state index in [4.69, 9.17) is 27.9 Å². The SMILES string of the molecule is Cc1cc(OCC(=O)NN=Cc2cc(Cl)ccc2O)cc(C)c1Cl. The molecule has 2 N–H and O–H groups in total. The minimum atomic E-state index is -0.432. The molecule has 2 aromatic rings. The van der Waals surface area contributed by atoms with E-state index in [0.29, 0.717) is 21.4 Å². The maximum Gasteiger partial charge on any atom is 0.277 e.